The van der Waals surface area contributed by atoms with Gasteiger partial charge in [0.05, 0.1) is 11.1 Å². The van der Waals surface area contributed by atoms with Crippen LogP contribution in [0.15, 0.2) is 231 Å². The molecule has 1 aliphatic heterocycles. The van der Waals surface area contributed by atoms with E-state index in [1.807, 2.05) is 24.3 Å². The van der Waals surface area contributed by atoms with Crippen LogP contribution in [0.5, 0.6) is 0 Å². The average molecular weight is 1030 g/mol. The van der Waals surface area contributed by atoms with E-state index in [-0.39, 0.29) is 27.8 Å². The van der Waals surface area contributed by atoms with Gasteiger partial charge in [0.15, 0.2) is 0 Å². The number of imide groups is 1. The van der Waals surface area contributed by atoms with E-state index < -0.39 is 15.8 Å². The van der Waals surface area contributed by atoms with Crippen molar-refractivity contribution in [2.45, 2.75) is 6.42 Å². The van der Waals surface area contributed by atoms with Crippen molar-refractivity contribution in [3.8, 4) is 0 Å². The number of carbonyl (C=O) groups excluding carboxylic acids is 2. The van der Waals surface area contributed by atoms with Crippen LogP contribution in [0.25, 0.3) is 10.9 Å². The zero-order valence-electron chi connectivity index (χ0n) is 34.5. The molecule has 0 saturated heterocycles. The van der Waals surface area contributed by atoms with E-state index >= 15 is 0 Å². The summed E-state index contributed by atoms with van der Waals surface area (Å²) in [7, 11) is 8.74. The van der Waals surface area contributed by atoms with E-state index in [0.717, 1.165) is 16.6 Å². The Balaban J connectivity index is 0.000000140. The third kappa shape index (κ3) is 12.3. The number of aromatic nitrogens is 1. The molecule has 2 heterocycles. The number of nitrogens with one attached hydrogen (secondary N) is 1. The molecule has 0 unspecified atom stereocenters. The van der Waals surface area contributed by atoms with Gasteiger partial charge < -0.3 is 4.98 Å². The third-order valence-corrected chi connectivity index (χ3v) is 15.3. The summed E-state index contributed by atoms with van der Waals surface area (Å²) in [6.07, 6.45) is 0.581. The number of amides is 2. The fourth-order valence-electron chi connectivity index (χ4n) is 7.33. The molecule has 322 valence electrons. The predicted molar refractivity (Wildman–Crippen MR) is 271 cm³/mol. The molecule has 0 fully saturated rings. The molecular weight excluding hydrogens is 983 g/mol. The van der Waals surface area contributed by atoms with Crippen molar-refractivity contribution < 1.29 is 25.5 Å². The number of hydrogen-bond donors (Lipinski definition) is 1. The van der Waals surface area contributed by atoms with Crippen molar-refractivity contribution in [3.05, 3.63) is 252 Å². The molecule has 10 rings (SSSR count). The van der Waals surface area contributed by atoms with Crippen LogP contribution in [0.2, 0.25) is 5.02 Å². The van der Waals surface area contributed by atoms with Gasteiger partial charge in [-0.1, -0.05) is 206 Å². The van der Waals surface area contributed by atoms with Crippen LogP contribution in [0.4, 0.5) is 0 Å². The molecule has 4 nitrogen and oxygen atoms in total. The SMILES string of the molecule is O=C1c2ccccc2C(=O)N1CCc1cc2cc(Cl)ccc2[nH]1.[Cl][Pd][Cl].c1ccc(P(c2ccccc2)c2ccccc2)cc1.c1ccc(P(c2ccccc2)c2ccccc2)cc1. The zero-order valence-corrected chi connectivity index (χ0v) is 40.1. The Morgan fingerprint density at radius 3 is 1.08 bits per heavy atom. The molecule has 1 N–H and O–H groups in total. The van der Waals surface area contributed by atoms with Crippen molar-refractivity contribution in [2.24, 2.45) is 0 Å². The molecule has 0 bridgehead atoms. The largest absolute Gasteiger partial charge is 0.0622 e. The van der Waals surface area contributed by atoms with E-state index in [1.54, 1.807) is 24.3 Å². The summed E-state index contributed by atoms with van der Waals surface area (Å²) in [6, 6.07) is 79.2. The number of carbonyl (C=O) groups is 2. The monoisotopic (exact) mass is 1020 g/mol. The van der Waals surface area contributed by atoms with Crippen LogP contribution in [-0.4, -0.2) is 28.2 Å². The normalized spacial score (nSPS) is 11.6. The van der Waals surface area contributed by atoms with Crippen LogP contribution in [0.3, 0.4) is 0 Å². The van der Waals surface area contributed by atoms with E-state index in [0.29, 0.717) is 29.1 Å². The first-order valence-corrected chi connectivity index (χ1v) is 27.5. The Bertz CT molecular complexity index is 2500. The van der Waals surface area contributed by atoms with Gasteiger partial charge >= 0.3 is 35.0 Å². The summed E-state index contributed by atoms with van der Waals surface area (Å²) in [5.74, 6) is -0.436. The number of hydrogen-bond acceptors (Lipinski definition) is 2. The number of rotatable bonds is 9. The predicted octanol–water partition coefficient (Wildman–Crippen LogP) is 11.9. The van der Waals surface area contributed by atoms with E-state index in [1.165, 1.54) is 36.7 Å². The average Bonchev–Trinajstić information content (AvgIpc) is 3.87. The van der Waals surface area contributed by atoms with Crippen LogP contribution >= 0.6 is 46.5 Å². The van der Waals surface area contributed by atoms with E-state index in [4.69, 9.17) is 30.7 Å². The molecule has 1 aromatic heterocycles. The van der Waals surface area contributed by atoms with Gasteiger partial charge in [-0.2, -0.15) is 0 Å². The molecule has 0 spiro atoms. The van der Waals surface area contributed by atoms with E-state index in [2.05, 4.69) is 187 Å². The zero-order chi connectivity index (χ0) is 44.5. The molecule has 1 aliphatic rings. The molecule has 9 aromatic rings. The Morgan fingerprint density at radius 2 is 0.750 bits per heavy atom. The second-order valence-corrected chi connectivity index (χ2v) is 21.5. The maximum absolute atomic E-state index is 12.3. The molecule has 0 aliphatic carbocycles. The maximum Gasteiger partial charge on any atom is -0.0134 e. The van der Waals surface area contributed by atoms with Gasteiger partial charge in [0.2, 0.25) is 0 Å². The Kier molecular flexibility index (Phi) is 17.7. The number of nitrogens with zero attached hydrogens (tertiary/aromatic N) is 1. The minimum atomic E-state index is -0.446. The first-order chi connectivity index (χ1) is 31.4. The molecule has 0 saturated carbocycles. The number of H-pyrrole nitrogens is 1. The van der Waals surface area contributed by atoms with Crippen LogP contribution in [0.1, 0.15) is 26.4 Å². The number of benzene rings is 8. The molecule has 64 heavy (non-hydrogen) atoms. The third-order valence-electron chi connectivity index (χ3n) is 10.2. The fraction of sp³-hybridized carbons (Fsp3) is 0.0370. The second kappa shape index (κ2) is 24.2. The van der Waals surface area contributed by atoms with Crippen LogP contribution in [-0.2, 0) is 22.4 Å². The van der Waals surface area contributed by atoms with Crippen molar-refractivity contribution >= 4 is 101 Å². The van der Waals surface area contributed by atoms with E-state index in [9.17, 15) is 9.59 Å². The number of aromatic amines is 1. The van der Waals surface area contributed by atoms with Gasteiger partial charge in [-0.25, -0.2) is 0 Å². The smallest absolute Gasteiger partial charge is 0.0134 e. The minimum absolute atomic E-state index is 0.106. The summed E-state index contributed by atoms with van der Waals surface area (Å²) >= 11 is 5.88. The Hall–Kier alpha value is -5.17. The molecule has 0 atom stereocenters. The molecule has 8 aromatic carbocycles. The number of halogens is 3. The Labute approximate surface area is 398 Å². The fourth-order valence-corrected chi connectivity index (χ4v) is 12.1. The molecule has 10 heteroatoms. The second-order valence-electron chi connectivity index (χ2n) is 14.3. The van der Waals surface area contributed by atoms with Gasteiger partial charge in [0, 0.05) is 34.6 Å². The van der Waals surface area contributed by atoms with Crippen molar-refractivity contribution in [1.82, 2.24) is 9.88 Å². The first kappa shape index (κ1) is 46.8. The number of fused-ring (bicyclic) bond motifs is 2. The van der Waals surface area contributed by atoms with Gasteiger partial charge in [-0.3, -0.25) is 14.5 Å². The van der Waals surface area contributed by atoms with Crippen molar-refractivity contribution in [1.29, 1.82) is 0 Å². The topological polar surface area (TPSA) is 53.2 Å². The van der Waals surface area contributed by atoms with Gasteiger partial charge in [-0.05, 0) is 84.1 Å². The van der Waals surface area contributed by atoms with Crippen molar-refractivity contribution in [2.75, 3.05) is 6.54 Å². The van der Waals surface area contributed by atoms with Crippen molar-refractivity contribution in [3.63, 3.8) is 0 Å². The summed E-state index contributed by atoms with van der Waals surface area (Å²) in [6.45, 7) is 0.354. The summed E-state index contributed by atoms with van der Waals surface area (Å²) in [5.41, 5.74) is 2.94. The minimum Gasteiger partial charge on any atom is -0.0622 e. The summed E-state index contributed by atoms with van der Waals surface area (Å²) in [4.78, 5) is 29.2. The summed E-state index contributed by atoms with van der Waals surface area (Å²) in [5, 5.41) is 10.1. The molecular formula is C54H43Cl3N2O2P2Pd. The Morgan fingerprint density at radius 1 is 0.438 bits per heavy atom. The van der Waals surface area contributed by atoms with Gasteiger partial charge in [-0.15, -0.1) is 0 Å². The maximum atomic E-state index is 12.3. The molecule has 0 radical (unpaired) electrons. The van der Waals surface area contributed by atoms with Crippen LogP contribution < -0.4 is 31.8 Å². The quantitative estimate of drug-likeness (QED) is 0.0890. The van der Waals surface area contributed by atoms with Crippen LogP contribution in [0, 0.1) is 0 Å². The standard InChI is InChI=1S/C18H13ClN2O2.2C18H15P.2ClH.Pd/c19-12-5-6-16-11(9-12)10-13(20-16)7-8-21-17(22)14-3-1-2-4-15(14)18(21)23;2*1-4-10-16(11-5-1)19(17-12-6-2-7-13-17)18-14-8-3-9-15-18;;;/h1-6,9-10,20H,7-8H2;2*1-15H;2*1H;/q;;;;;+2/p-2. The van der Waals surface area contributed by atoms with Gasteiger partial charge in [0.1, 0.15) is 0 Å². The first-order valence-electron chi connectivity index (χ1n) is 20.4. The molecule has 2 amide bonds. The van der Waals surface area contributed by atoms with Gasteiger partial charge in [0.25, 0.3) is 11.8 Å². The summed E-state index contributed by atoms with van der Waals surface area (Å²) < 4.78 is 0.